The molecule has 0 radical (unpaired) electrons. The second-order valence-corrected chi connectivity index (χ2v) is 4.34. The minimum atomic E-state index is 0.00746. The minimum absolute atomic E-state index is 0.00746. The third-order valence-corrected chi connectivity index (χ3v) is 3.02. The van der Waals surface area contributed by atoms with Gasteiger partial charge in [0.05, 0.1) is 19.9 Å². The van der Waals surface area contributed by atoms with E-state index in [9.17, 15) is 4.79 Å². The molecule has 0 aliphatic carbocycles. The fourth-order valence-electron chi connectivity index (χ4n) is 1.87. The maximum absolute atomic E-state index is 11.8. The molecule has 98 valence electrons. The van der Waals surface area contributed by atoms with E-state index >= 15 is 0 Å². The summed E-state index contributed by atoms with van der Waals surface area (Å²) in [5, 5.41) is 6.01. The molecular formula is C13H18N2O3. The van der Waals surface area contributed by atoms with E-state index in [1.165, 1.54) is 0 Å². The van der Waals surface area contributed by atoms with Gasteiger partial charge >= 0.3 is 0 Å². The average Bonchev–Trinajstić information content (AvgIpc) is 2.34. The van der Waals surface area contributed by atoms with Crippen LogP contribution in [0.25, 0.3) is 0 Å². The Bertz CT molecular complexity index is 430. The van der Waals surface area contributed by atoms with E-state index in [-0.39, 0.29) is 5.91 Å². The molecule has 0 unspecified atom stereocenters. The van der Waals surface area contributed by atoms with Crippen LogP contribution in [0.5, 0.6) is 11.5 Å². The maximum atomic E-state index is 11.8. The van der Waals surface area contributed by atoms with Gasteiger partial charge in [0.1, 0.15) is 11.5 Å². The largest absolute Gasteiger partial charge is 0.497 e. The first-order valence-corrected chi connectivity index (χ1v) is 5.95. The Labute approximate surface area is 106 Å². The summed E-state index contributed by atoms with van der Waals surface area (Å²) in [5.74, 6) is 1.78. The third-order valence-electron chi connectivity index (χ3n) is 3.02. The predicted molar refractivity (Wildman–Crippen MR) is 69.2 cm³/mol. The van der Waals surface area contributed by atoms with Crippen LogP contribution < -0.4 is 20.1 Å². The summed E-state index contributed by atoms with van der Waals surface area (Å²) in [6.45, 7) is 1.84. The predicted octanol–water partition coefficient (Wildman–Crippen LogP) is 1.25. The van der Waals surface area contributed by atoms with Gasteiger partial charge in [0.2, 0.25) is 5.91 Å². The van der Waals surface area contributed by atoms with Gasteiger partial charge in [0, 0.05) is 12.5 Å². The van der Waals surface area contributed by atoms with Gasteiger partial charge in [-0.3, -0.25) is 4.79 Å². The molecule has 5 heteroatoms. The van der Waals surface area contributed by atoms with Crippen LogP contribution in [0.15, 0.2) is 18.2 Å². The van der Waals surface area contributed by atoms with Crippen molar-refractivity contribution in [2.45, 2.75) is 6.42 Å². The molecule has 0 aromatic heterocycles. The van der Waals surface area contributed by atoms with Gasteiger partial charge in [-0.2, -0.15) is 0 Å². The Balaban J connectivity index is 2.03. The molecule has 0 spiro atoms. The van der Waals surface area contributed by atoms with Crippen molar-refractivity contribution in [1.82, 2.24) is 5.32 Å². The van der Waals surface area contributed by atoms with Crippen molar-refractivity contribution in [1.29, 1.82) is 0 Å². The van der Waals surface area contributed by atoms with Gasteiger partial charge in [0.25, 0.3) is 0 Å². The van der Waals surface area contributed by atoms with Crippen LogP contribution in [0, 0.1) is 5.92 Å². The lowest BCUT2D eigenvalue weighted by atomic mass is 9.99. The molecule has 2 rings (SSSR count). The highest BCUT2D eigenvalue weighted by Gasteiger charge is 2.20. The topological polar surface area (TPSA) is 59.6 Å². The fourth-order valence-corrected chi connectivity index (χ4v) is 1.87. The van der Waals surface area contributed by atoms with Gasteiger partial charge in [-0.25, -0.2) is 0 Å². The first kappa shape index (κ1) is 12.7. The zero-order chi connectivity index (χ0) is 13.0. The summed E-state index contributed by atoms with van der Waals surface area (Å²) in [6, 6.07) is 5.33. The molecule has 1 aromatic carbocycles. The van der Waals surface area contributed by atoms with Crippen LogP contribution >= 0.6 is 0 Å². The van der Waals surface area contributed by atoms with Crippen molar-refractivity contribution in [3.05, 3.63) is 18.2 Å². The van der Waals surface area contributed by atoms with Gasteiger partial charge in [-0.1, -0.05) is 0 Å². The highest BCUT2D eigenvalue weighted by molar-refractivity contribution is 5.92. The molecule has 1 fully saturated rings. The first-order chi connectivity index (χ1) is 8.72. The lowest BCUT2D eigenvalue weighted by molar-refractivity contribution is -0.117. The van der Waals surface area contributed by atoms with Crippen LogP contribution in [-0.2, 0) is 4.79 Å². The summed E-state index contributed by atoms with van der Waals surface area (Å²) in [4.78, 5) is 11.8. The quantitative estimate of drug-likeness (QED) is 0.825. The number of hydrogen-bond acceptors (Lipinski definition) is 4. The van der Waals surface area contributed by atoms with E-state index < -0.39 is 0 Å². The van der Waals surface area contributed by atoms with E-state index in [1.54, 1.807) is 32.4 Å². The van der Waals surface area contributed by atoms with Crippen molar-refractivity contribution < 1.29 is 14.3 Å². The van der Waals surface area contributed by atoms with Gasteiger partial charge < -0.3 is 20.1 Å². The van der Waals surface area contributed by atoms with Crippen molar-refractivity contribution in [2.75, 3.05) is 32.6 Å². The lowest BCUT2D eigenvalue weighted by Gasteiger charge is -2.26. The molecule has 0 saturated carbocycles. The van der Waals surface area contributed by atoms with Gasteiger partial charge in [-0.15, -0.1) is 0 Å². The zero-order valence-corrected chi connectivity index (χ0v) is 10.7. The van der Waals surface area contributed by atoms with Crippen LogP contribution in [0.2, 0.25) is 0 Å². The number of carbonyl (C=O) groups excluding carboxylic acids is 1. The van der Waals surface area contributed by atoms with Crippen molar-refractivity contribution in [3.8, 4) is 11.5 Å². The summed E-state index contributed by atoms with van der Waals surface area (Å²) >= 11 is 0. The summed E-state index contributed by atoms with van der Waals surface area (Å²) < 4.78 is 10.3. The average molecular weight is 250 g/mol. The first-order valence-electron chi connectivity index (χ1n) is 5.95. The third kappa shape index (κ3) is 2.92. The minimum Gasteiger partial charge on any atom is -0.497 e. The van der Waals surface area contributed by atoms with Crippen LogP contribution in [-0.4, -0.2) is 33.2 Å². The van der Waals surface area contributed by atoms with Crippen molar-refractivity contribution in [2.24, 2.45) is 5.92 Å². The molecule has 18 heavy (non-hydrogen) atoms. The number of amides is 1. The second kappa shape index (κ2) is 5.73. The Hall–Kier alpha value is -1.75. The van der Waals surface area contributed by atoms with Crippen LogP contribution in [0.4, 0.5) is 5.69 Å². The van der Waals surface area contributed by atoms with Crippen molar-refractivity contribution >= 4 is 11.6 Å². The molecule has 1 aliphatic rings. The number of hydrogen-bond donors (Lipinski definition) is 2. The zero-order valence-electron chi connectivity index (χ0n) is 10.7. The number of nitrogens with one attached hydrogen (secondary N) is 2. The van der Waals surface area contributed by atoms with E-state index in [0.717, 1.165) is 13.1 Å². The summed E-state index contributed by atoms with van der Waals surface area (Å²) in [7, 11) is 3.17. The second-order valence-electron chi connectivity index (χ2n) is 4.34. The molecule has 2 N–H and O–H groups in total. The number of carbonyl (C=O) groups is 1. The molecule has 5 nitrogen and oxygen atoms in total. The fraction of sp³-hybridized carbons (Fsp3) is 0.462. The highest BCUT2D eigenvalue weighted by atomic mass is 16.5. The normalized spacial score (nSPS) is 14.8. The van der Waals surface area contributed by atoms with E-state index in [1.807, 2.05) is 0 Å². The van der Waals surface area contributed by atoms with Gasteiger partial charge in [-0.05, 0) is 31.1 Å². The van der Waals surface area contributed by atoms with E-state index in [2.05, 4.69) is 10.6 Å². The standard InChI is InChI=1S/C13H18N2O3/c1-17-10-3-4-12(18-2)11(6-10)15-13(16)5-9-7-14-8-9/h3-4,6,9,14H,5,7-8H2,1-2H3,(H,15,16). The Morgan fingerprint density at radius 3 is 2.72 bits per heavy atom. The lowest BCUT2D eigenvalue weighted by Crippen LogP contribution is -2.43. The van der Waals surface area contributed by atoms with Gasteiger partial charge in [0.15, 0.2) is 0 Å². The molecule has 1 saturated heterocycles. The number of benzene rings is 1. The Morgan fingerprint density at radius 1 is 1.39 bits per heavy atom. The highest BCUT2D eigenvalue weighted by Crippen LogP contribution is 2.29. The number of anilines is 1. The van der Waals surface area contributed by atoms with Crippen LogP contribution in [0.1, 0.15) is 6.42 Å². The summed E-state index contributed by atoms with van der Waals surface area (Å²) in [5.41, 5.74) is 0.647. The number of rotatable bonds is 5. The molecule has 0 atom stereocenters. The molecule has 0 bridgehead atoms. The van der Waals surface area contributed by atoms with E-state index in [0.29, 0.717) is 29.5 Å². The van der Waals surface area contributed by atoms with E-state index in [4.69, 9.17) is 9.47 Å². The smallest absolute Gasteiger partial charge is 0.224 e. The van der Waals surface area contributed by atoms with Crippen LogP contribution in [0.3, 0.4) is 0 Å². The maximum Gasteiger partial charge on any atom is 0.224 e. The number of methoxy groups -OCH3 is 2. The Morgan fingerprint density at radius 2 is 2.17 bits per heavy atom. The SMILES string of the molecule is COc1ccc(OC)c(NC(=O)CC2CNC2)c1. The Kier molecular flexibility index (Phi) is 4.04. The number of ether oxygens (including phenoxy) is 2. The molecule has 1 amide bonds. The molecular weight excluding hydrogens is 232 g/mol. The van der Waals surface area contributed by atoms with Crippen molar-refractivity contribution in [3.63, 3.8) is 0 Å². The monoisotopic (exact) mass is 250 g/mol. The molecule has 1 heterocycles. The summed E-state index contributed by atoms with van der Waals surface area (Å²) in [6.07, 6.45) is 0.535. The molecule has 1 aromatic rings. The molecule has 1 aliphatic heterocycles.